The lowest BCUT2D eigenvalue weighted by Crippen LogP contribution is -2.02. The van der Waals surface area contributed by atoms with Crippen LogP contribution in [0.4, 0.5) is 0 Å². The zero-order valence-electron chi connectivity index (χ0n) is 9.88. The lowest BCUT2D eigenvalue weighted by molar-refractivity contribution is 0.302. The molecule has 4 heteroatoms. The molecule has 3 aromatic rings. The second-order valence-electron chi connectivity index (χ2n) is 4.10. The van der Waals surface area contributed by atoms with Gasteiger partial charge < -0.3 is 9.62 Å². The van der Waals surface area contributed by atoms with Crippen molar-refractivity contribution in [1.29, 1.82) is 0 Å². The van der Waals surface area contributed by atoms with Gasteiger partial charge in [-0.05, 0) is 36.4 Å². The van der Waals surface area contributed by atoms with Crippen LogP contribution in [-0.2, 0) is 0 Å². The van der Waals surface area contributed by atoms with Gasteiger partial charge in [0.15, 0.2) is 0 Å². The van der Waals surface area contributed by atoms with Gasteiger partial charge in [-0.3, -0.25) is 0 Å². The highest BCUT2D eigenvalue weighted by atomic mass is 35.5. The van der Waals surface area contributed by atoms with Gasteiger partial charge in [-0.25, -0.2) is 0 Å². The Hall–Kier alpha value is -2.26. The number of fused-ring (bicyclic) bond motifs is 1. The third kappa shape index (κ3) is 2.20. The number of hydrogen-bond acceptors (Lipinski definition) is 3. The highest BCUT2D eigenvalue weighted by Crippen LogP contribution is 2.23. The molecule has 0 unspecified atom stereocenters. The Bertz CT molecular complexity index is 791. The number of halogens is 1. The van der Waals surface area contributed by atoms with Crippen molar-refractivity contribution in [2.24, 2.45) is 5.16 Å². The third-order valence-corrected chi connectivity index (χ3v) is 3.14. The number of benzene rings is 2. The van der Waals surface area contributed by atoms with Crippen LogP contribution < -0.4 is 5.36 Å². The molecule has 0 aliphatic heterocycles. The smallest absolute Gasteiger partial charge is 0.136 e. The second kappa shape index (κ2) is 4.78. The van der Waals surface area contributed by atoms with Crippen molar-refractivity contribution in [2.75, 3.05) is 0 Å². The molecule has 0 spiro atoms. The molecule has 1 N–H and O–H groups in total. The Labute approximate surface area is 114 Å². The van der Waals surface area contributed by atoms with Crippen LogP contribution in [0.2, 0.25) is 5.02 Å². The Morgan fingerprint density at radius 2 is 1.74 bits per heavy atom. The fourth-order valence-electron chi connectivity index (χ4n) is 1.96. The fourth-order valence-corrected chi connectivity index (χ4v) is 2.08. The summed E-state index contributed by atoms with van der Waals surface area (Å²) < 4.78 is 5.82. The van der Waals surface area contributed by atoms with Gasteiger partial charge in [0.2, 0.25) is 0 Å². The Balaban J connectivity index is 2.28. The van der Waals surface area contributed by atoms with Gasteiger partial charge in [-0.15, -0.1) is 0 Å². The monoisotopic (exact) mass is 271 g/mol. The van der Waals surface area contributed by atoms with Crippen LogP contribution >= 0.6 is 11.6 Å². The molecule has 0 atom stereocenters. The van der Waals surface area contributed by atoms with E-state index >= 15 is 0 Å². The van der Waals surface area contributed by atoms with E-state index in [1.54, 1.807) is 18.2 Å². The molecule has 0 fully saturated rings. The molecular weight excluding hydrogens is 262 g/mol. The summed E-state index contributed by atoms with van der Waals surface area (Å²) in [5, 5.41) is 14.3. The molecule has 0 aliphatic rings. The Morgan fingerprint density at radius 3 is 2.47 bits per heavy atom. The largest absolute Gasteiger partial charge is 0.456 e. The summed E-state index contributed by atoms with van der Waals surface area (Å²) in [4.78, 5) is 0. The van der Waals surface area contributed by atoms with Gasteiger partial charge in [-0.2, -0.15) is 0 Å². The summed E-state index contributed by atoms with van der Waals surface area (Å²) >= 11 is 5.86. The number of rotatable bonds is 1. The first kappa shape index (κ1) is 11.8. The average molecular weight is 272 g/mol. The Kier molecular flexibility index (Phi) is 2.97. The summed E-state index contributed by atoms with van der Waals surface area (Å²) in [6.07, 6.45) is 0. The fraction of sp³-hybridized carbons (Fsp3) is 0. The van der Waals surface area contributed by atoms with Crippen molar-refractivity contribution < 1.29 is 9.62 Å². The first-order valence-corrected chi connectivity index (χ1v) is 6.12. The molecule has 1 aromatic heterocycles. The van der Waals surface area contributed by atoms with Crippen molar-refractivity contribution in [3.05, 3.63) is 65.0 Å². The maximum absolute atomic E-state index is 9.11. The lowest BCUT2D eigenvalue weighted by Gasteiger charge is -2.04. The summed E-state index contributed by atoms with van der Waals surface area (Å²) in [7, 11) is 0. The first-order valence-electron chi connectivity index (χ1n) is 5.75. The van der Waals surface area contributed by atoms with E-state index in [-0.39, 0.29) is 0 Å². The van der Waals surface area contributed by atoms with Crippen LogP contribution in [0.25, 0.3) is 22.3 Å². The standard InChI is InChI=1S/C15H10ClNO2/c16-11-7-5-10(6-8-11)15-9-13(17-18)12-3-1-2-4-14(12)19-15/h1-9,18H/b17-13-. The maximum Gasteiger partial charge on any atom is 0.136 e. The molecule has 0 saturated carbocycles. The molecule has 94 valence electrons. The number of para-hydroxylation sites is 1. The number of nitrogens with zero attached hydrogens (tertiary/aromatic N) is 1. The maximum atomic E-state index is 9.11. The molecular formula is C15H10ClNO2. The van der Waals surface area contributed by atoms with E-state index in [0.29, 0.717) is 21.7 Å². The average Bonchev–Trinajstić information content (AvgIpc) is 2.47. The van der Waals surface area contributed by atoms with E-state index < -0.39 is 0 Å². The normalized spacial score (nSPS) is 11.9. The molecule has 1 heterocycles. The summed E-state index contributed by atoms with van der Waals surface area (Å²) in [5.41, 5.74) is 1.54. The lowest BCUT2D eigenvalue weighted by atomic mass is 10.1. The third-order valence-electron chi connectivity index (χ3n) is 2.89. The number of hydrogen-bond donors (Lipinski definition) is 1. The summed E-state index contributed by atoms with van der Waals surface area (Å²) in [5.74, 6) is 0.628. The van der Waals surface area contributed by atoms with Crippen molar-refractivity contribution in [1.82, 2.24) is 0 Å². The predicted molar refractivity (Wildman–Crippen MR) is 74.0 cm³/mol. The van der Waals surface area contributed by atoms with Crippen molar-refractivity contribution in [3.8, 4) is 11.3 Å². The zero-order valence-corrected chi connectivity index (χ0v) is 10.6. The van der Waals surface area contributed by atoms with Crippen LogP contribution in [-0.4, -0.2) is 5.21 Å². The predicted octanol–water partition coefficient (Wildman–Crippen LogP) is 4.04. The van der Waals surface area contributed by atoms with E-state index in [4.69, 9.17) is 21.2 Å². The van der Waals surface area contributed by atoms with Gasteiger partial charge in [0.25, 0.3) is 0 Å². The highest BCUT2D eigenvalue weighted by Gasteiger charge is 2.05. The quantitative estimate of drug-likeness (QED) is 0.536. The van der Waals surface area contributed by atoms with E-state index in [1.165, 1.54) is 0 Å². The van der Waals surface area contributed by atoms with Crippen molar-refractivity contribution in [2.45, 2.75) is 0 Å². The van der Waals surface area contributed by atoms with E-state index in [1.807, 2.05) is 36.4 Å². The molecule has 19 heavy (non-hydrogen) atoms. The molecule has 0 amide bonds. The zero-order chi connectivity index (χ0) is 13.2. The minimum Gasteiger partial charge on any atom is -0.456 e. The SMILES string of the molecule is O/N=c1/cc(-c2ccc(Cl)cc2)oc2ccccc12. The minimum atomic E-state index is 0.479. The molecule has 2 aromatic carbocycles. The van der Waals surface area contributed by atoms with Crippen LogP contribution in [0.5, 0.6) is 0 Å². The van der Waals surface area contributed by atoms with Crippen LogP contribution in [0.15, 0.2) is 64.2 Å². The van der Waals surface area contributed by atoms with E-state index in [9.17, 15) is 0 Å². The molecule has 3 rings (SSSR count). The van der Waals surface area contributed by atoms with Gasteiger partial charge in [0.1, 0.15) is 16.7 Å². The highest BCUT2D eigenvalue weighted by molar-refractivity contribution is 6.30. The van der Waals surface area contributed by atoms with Gasteiger partial charge in [0.05, 0.1) is 0 Å². The van der Waals surface area contributed by atoms with Gasteiger partial charge in [0, 0.05) is 22.0 Å². The van der Waals surface area contributed by atoms with Crippen LogP contribution in [0.1, 0.15) is 0 Å². The summed E-state index contributed by atoms with van der Waals surface area (Å²) in [6, 6.07) is 16.4. The Morgan fingerprint density at radius 1 is 1.00 bits per heavy atom. The van der Waals surface area contributed by atoms with Crippen LogP contribution in [0.3, 0.4) is 0 Å². The van der Waals surface area contributed by atoms with Gasteiger partial charge in [-0.1, -0.05) is 28.9 Å². The van der Waals surface area contributed by atoms with E-state index in [2.05, 4.69) is 5.16 Å². The summed E-state index contributed by atoms with van der Waals surface area (Å²) in [6.45, 7) is 0. The molecule has 0 aliphatic carbocycles. The molecule has 3 nitrogen and oxygen atoms in total. The molecule has 0 bridgehead atoms. The molecule has 0 saturated heterocycles. The van der Waals surface area contributed by atoms with Crippen molar-refractivity contribution in [3.63, 3.8) is 0 Å². The van der Waals surface area contributed by atoms with Gasteiger partial charge >= 0.3 is 0 Å². The second-order valence-corrected chi connectivity index (χ2v) is 4.54. The minimum absolute atomic E-state index is 0.479. The van der Waals surface area contributed by atoms with Crippen molar-refractivity contribution >= 4 is 22.6 Å². The van der Waals surface area contributed by atoms with E-state index in [0.717, 1.165) is 10.9 Å². The first-order chi connectivity index (χ1) is 9.28. The topological polar surface area (TPSA) is 45.7 Å². The van der Waals surface area contributed by atoms with Crippen LogP contribution in [0, 0.1) is 0 Å². The molecule has 0 radical (unpaired) electrons.